The number of amides is 1. The van der Waals surface area contributed by atoms with Gasteiger partial charge in [0, 0.05) is 12.1 Å². The van der Waals surface area contributed by atoms with Gasteiger partial charge in [-0.15, -0.1) is 12.4 Å². The van der Waals surface area contributed by atoms with E-state index in [1.165, 1.54) is 0 Å². The maximum Gasteiger partial charge on any atom is 0.246 e. The first-order valence-electron chi connectivity index (χ1n) is 4.32. The molecule has 0 aliphatic rings. The monoisotopic (exact) mass is 206 g/mol. The first-order chi connectivity index (χ1) is 5.68. The van der Waals surface area contributed by atoms with Crippen LogP contribution in [-0.4, -0.2) is 19.0 Å². The van der Waals surface area contributed by atoms with Crippen LogP contribution in [0.1, 0.15) is 26.2 Å². The van der Waals surface area contributed by atoms with Gasteiger partial charge in [-0.2, -0.15) is 0 Å². The number of hydrogen-bond donors (Lipinski definition) is 2. The van der Waals surface area contributed by atoms with Gasteiger partial charge in [-0.25, -0.2) is 0 Å². The molecule has 0 aliphatic heterocycles. The van der Waals surface area contributed by atoms with Crippen LogP contribution in [0.4, 0.5) is 0 Å². The smallest absolute Gasteiger partial charge is 0.246 e. The largest absolute Gasteiger partial charge is 0.352 e. The standard InChI is InChI=1S/C9H18N2O.ClH/c1-8(2)9(12)11-7-5-3-4-6-10;/h1,3-7,10H2,2H3,(H,11,12);1H. The molecule has 3 N–H and O–H groups in total. The minimum absolute atomic E-state index is 0. The summed E-state index contributed by atoms with van der Waals surface area (Å²) >= 11 is 0. The van der Waals surface area contributed by atoms with Gasteiger partial charge in [-0.3, -0.25) is 4.79 Å². The van der Waals surface area contributed by atoms with Gasteiger partial charge in [0.1, 0.15) is 0 Å². The van der Waals surface area contributed by atoms with Gasteiger partial charge in [-0.1, -0.05) is 13.0 Å². The van der Waals surface area contributed by atoms with Crippen LogP contribution in [0.15, 0.2) is 12.2 Å². The van der Waals surface area contributed by atoms with E-state index >= 15 is 0 Å². The number of unbranched alkanes of at least 4 members (excludes halogenated alkanes) is 2. The van der Waals surface area contributed by atoms with E-state index in [2.05, 4.69) is 11.9 Å². The number of halogens is 1. The van der Waals surface area contributed by atoms with E-state index in [1.54, 1.807) is 6.92 Å². The predicted molar refractivity (Wildman–Crippen MR) is 58.0 cm³/mol. The number of rotatable bonds is 6. The van der Waals surface area contributed by atoms with Crippen LogP contribution in [0, 0.1) is 0 Å². The molecule has 0 heterocycles. The van der Waals surface area contributed by atoms with E-state index in [1.807, 2.05) is 0 Å². The van der Waals surface area contributed by atoms with Gasteiger partial charge in [0.25, 0.3) is 0 Å². The molecular weight excluding hydrogens is 188 g/mol. The second-order valence-electron chi connectivity index (χ2n) is 2.89. The van der Waals surface area contributed by atoms with E-state index in [-0.39, 0.29) is 18.3 Å². The zero-order valence-electron chi connectivity index (χ0n) is 8.14. The summed E-state index contributed by atoms with van der Waals surface area (Å²) in [5.74, 6) is -0.0530. The molecule has 0 radical (unpaired) electrons. The van der Waals surface area contributed by atoms with Crippen LogP contribution in [0.25, 0.3) is 0 Å². The normalized spacial score (nSPS) is 8.77. The third kappa shape index (κ3) is 9.37. The van der Waals surface area contributed by atoms with Crippen LogP contribution in [0.5, 0.6) is 0 Å². The van der Waals surface area contributed by atoms with E-state index in [0.29, 0.717) is 5.57 Å². The average Bonchev–Trinajstić information content (AvgIpc) is 2.03. The van der Waals surface area contributed by atoms with Crippen molar-refractivity contribution in [3.05, 3.63) is 12.2 Å². The van der Waals surface area contributed by atoms with Crippen LogP contribution < -0.4 is 11.1 Å². The Morgan fingerprint density at radius 2 is 2.00 bits per heavy atom. The van der Waals surface area contributed by atoms with Crippen molar-refractivity contribution < 1.29 is 4.79 Å². The van der Waals surface area contributed by atoms with Gasteiger partial charge in [0.05, 0.1) is 0 Å². The van der Waals surface area contributed by atoms with Gasteiger partial charge in [0.15, 0.2) is 0 Å². The Kier molecular flexibility index (Phi) is 11.0. The fourth-order valence-electron chi connectivity index (χ4n) is 0.799. The Bertz CT molecular complexity index is 160. The maximum atomic E-state index is 10.9. The molecule has 0 aliphatic carbocycles. The maximum absolute atomic E-state index is 10.9. The highest BCUT2D eigenvalue weighted by Gasteiger charge is 1.98. The Morgan fingerprint density at radius 3 is 2.46 bits per heavy atom. The second-order valence-corrected chi connectivity index (χ2v) is 2.89. The highest BCUT2D eigenvalue weighted by molar-refractivity contribution is 5.91. The topological polar surface area (TPSA) is 55.1 Å². The van der Waals surface area contributed by atoms with Crippen molar-refractivity contribution in [2.24, 2.45) is 5.73 Å². The lowest BCUT2D eigenvalue weighted by Gasteiger charge is -2.03. The molecule has 3 nitrogen and oxygen atoms in total. The summed E-state index contributed by atoms with van der Waals surface area (Å²) in [5, 5.41) is 2.76. The number of carbonyl (C=O) groups is 1. The molecule has 78 valence electrons. The summed E-state index contributed by atoms with van der Waals surface area (Å²) in [6, 6.07) is 0. The van der Waals surface area contributed by atoms with Crippen molar-refractivity contribution >= 4 is 18.3 Å². The molecule has 0 bridgehead atoms. The summed E-state index contributed by atoms with van der Waals surface area (Å²) in [6.45, 7) is 6.70. The van der Waals surface area contributed by atoms with Crippen molar-refractivity contribution in [2.45, 2.75) is 26.2 Å². The molecule has 0 aromatic rings. The first kappa shape index (κ1) is 15.0. The molecule has 0 aromatic heterocycles. The number of hydrogen-bond acceptors (Lipinski definition) is 2. The van der Waals surface area contributed by atoms with Crippen LogP contribution in [0.3, 0.4) is 0 Å². The summed E-state index contributed by atoms with van der Waals surface area (Å²) in [7, 11) is 0. The quantitative estimate of drug-likeness (QED) is 0.508. The van der Waals surface area contributed by atoms with E-state index < -0.39 is 0 Å². The fraction of sp³-hybridized carbons (Fsp3) is 0.667. The molecule has 0 aromatic carbocycles. The van der Waals surface area contributed by atoms with Gasteiger partial charge in [0.2, 0.25) is 5.91 Å². The number of carbonyl (C=O) groups excluding carboxylic acids is 1. The summed E-state index contributed by atoms with van der Waals surface area (Å²) < 4.78 is 0. The Morgan fingerprint density at radius 1 is 1.38 bits per heavy atom. The molecule has 0 unspecified atom stereocenters. The third-order valence-corrected chi connectivity index (χ3v) is 1.55. The molecule has 0 saturated heterocycles. The van der Waals surface area contributed by atoms with Gasteiger partial charge >= 0.3 is 0 Å². The third-order valence-electron chi connectivity index (χ3n) is 1.55. The minimum atomic E-state index is -0.0530. The first-order valence-corrected chi connectivity index (χ1v) is 4.32. The lowest BCUT2D eigenvalue weighted by atomic mass is 10.2. The zero-order chi connectivity index (χ0) is 9.40. The predicted octanol–water partition coefficient (Wildman–Crippen LogP) is 1.23. The fourth-order valence-corrected chi connectivity index (χ4v) is 0.799. The SMILES string of the molecule is C=C(C)C(=O)NCCCCCN.Cl. The van der Waals surface area contributed by atoms with Crippen LogP contribution in [0.2, 0.25) is 0 Å². The second kappa shape index (κ2) is 9.55. The molecule has 0 fully saturated rings. The minimum Gasteiger partial charge on any atom is -0.352 e. The van der Waals surface area contributed by atoms with Gasteiger partial charge in [-0.05, 0) is 26.3 Å². The highest BCUT2D eigenvalue weighted by atomic mass is 35.5. The molecular formula is C9H19ClN2O. The van der Waals surface area contributed by atoms with Crippen molar-refractivity contribution in [1.82, 2.24) is 5.32 Å². The summed E-state index contributed by atoms with van der Waals surface area (Å²) in [5.41, 5.74) is 5.88. The van der Waals surface area contributed by atoms with Gasteiger partial charge < -0.3 is 11.1 Å². The highest BCUT2D eigenvalue weighted by Crippen LogP contribution is 1.92. The van der Waals surface area contributed by atoms with Crippen LogP contribution in [-0.2, 0) is 4.79 Å². The summed E-state index contributed by atoms with van der Waals surface area (Å²) in [4.78, 5) is 10.9. The molecule has 4 heteroatoms. The van der Waals surface area contributed by atoms with Crippen molar-refractivity contribution in [1.29, 1.82) is 0 Å². The van der Waals surface area contributed by atoms with Crippen molar-refractivity contribution in [2.75, 3.05) is 13.1 Å². The Hall–Kier alpha value is -0.540. The van der Waals surface area contributed by atoms with Crippen molar-refractivity contribution in [3.8, 4) is 0 Å². The number of nitrogens with one attached hydrogen (secondary N) is 1. The zero-order valence-corrected chi connectivity index (χ0v) is 8.95. The Labute approximate surface area is 86.2 Å². The van der Waals surface area contributed by atoms with Crippen LogP contribution >= 0.6 is 12.4 Å². The molecule has 0 atom stereocenters. The summed E-state index contributed by atoms with van der Waals surface area (Å²) in [6.07, 6.45) is 3.10. The van der Waals surface area contributed by atoms with E-state index in [9.17, 15) is 4.79 Å². The lowest BCUT2D eigenvalue weighted by Crippen LogP contribution is -2.24. The molecule has 0 rings (SSSR count). The molecule has 1 amide bonds. The Balaban J connectivity index is 0. The molecule has 0 spiro atoms. The average molecular weight is 207 g/mol. The van der Waals surface area contributed by atoms with E-state index in [4.69, 9.17) is 5.73 Å². The van der Waals surface area contributed by atoms with Crippen molar-refractivity contribution in [3.63, 3.8) is 0 Å². The number of nitrogens with two attached hydrogens (primary N) is 1. The van der Waals surface area contributed by atoms with E-state index in [0.717, 1.165) is 32.4 Å². The molecule has 13 heavy (non-hydrogen) atoms. The lowest BCUT2D eigenvalue weighted by molar-refractivity contribution is -0.117. The molecule has 0 saturated carbocycles.